The first-order valence-corrected chi connectivity index (χ1v) is 6.58. The largest absolute Gasteiger partial charge is 0.335 e. The Kier molecular flexibility index (Phi) is 2.18. The molecule has 19 heavy (non-hydrogen) atoms. The second-order valence-electron chi connectivity index (χ2n) is 5.19. The van der Waals surface area contributed by atoms with Crippen LogP contribution in [0, 0.1) is 6.92 Å². The van der Waals surface area contributed by atoms with Crippen molar-refractivity contribution in [3.8, 4) is 11.4 Å². The minimum atomic E-state index is 0.717. The number of aryl methyl sites for hydroxylation is 1. The lowest BCUT2D eigenvalue weighted by Gasteiger charge is -2.05. The molecule has 4 nitrogen and oxygen atoms in total. The van der Waals surface area contributed by atoms with Crippen LogP contribution in [0.15, 0.2) is 30.7 Å². The summed E-state index contributed by atoms with van der Waals surface area (Å²) in [4.78, 5) is 15.9. The molecule has 0 unspecified atom stereocenters. The van der Waals surface area contributed by atoms with Gasteiger partial charge in [0, 0.05) is 5.56 Å². The van der Waals surface area contributed by atoms with Gasteiger partial charge in [0.05, 0.1) is 6.20 Å². The zero-order chi connectivity index (χ0) is 12.8. The number of imidazole rings is 1. The van der Waals surface area contributed by atoms with Gasteiger partial charge in [-0.3, -0.25) is 0 Å². The summed E-state index contributed by atoms with van der Waals surface area (Å²) in [5, 5.41) is 0. The van der Waals surface area contributed by atoms with Gasteiger partial charge in [-0.2, -0.15) is 0 Å². The van der Waals surface area contributed by atoms with Crippen molar-refractivity contribution >= 4 is 11.2 Å². The third kappa shape index (κ3) is 1.80. The van der Waals surface area contributed by atoms with Crippen LogP contribution in [0.2, 0.25) is 0 Å². The molecule has 1 saturated carbocycles. The highest BCUT2D eigenvalue weighted by Crippen LogP contribution is 2.42. The molecule has 0 amide bonds. The summed E-state index contributed by atoms with van der Waals surface area (Å²) in [6, 6.07) is 6.59. The molecule has 2 heterocycles. The van der Waals surface area contributed by atoms with E-state index in [-0.39, 0.29) is 0 Å². The van der Waals surface area contributed by atoms with Gasteiger partial charge in [-0.1, -0.05) is 12.1 Å². The molecule has 3 aromatic rings. The average molecular weight is 250 g/mol. The maximum absolute atomic E-state index is 4.51. The van der Waals surface area contributed by atoms with Crippen molar-refractivity contribution in [3.63, 3.8) is 0 Å². The molecule has 1 fully saturated rings. The molecule has 4 rings (SSSR count). The van der Waals surface area contributed by atoms with Crippen LogP contribution in [0.25, 0.3) is 22.6 Å². The fourth-order valence-corrected chi connectivity index (χ4v) is 2.57. The summed E-state index contributed by atoms with van der Waals surface area (Å²) in [6.07, 6.45) is 5.94. The molecule has 1 aliphatic rings. The SMILES string of the molecule is Cc1cc(-c2nc3ncncc3[nH]2)ccc1C1CC1. The molecular formula is C15H14N4. The van der Waals surface area contributed by atoms with Crippen LogP contribution < -0.4 is 0 Å². The van der Waals surface area contributed by atoms with E-state index in [4.69, 9.17) is 0 Å². The van der Waals surface area contributed by atoms with Crippen molar-refractivity contribution in [3.05, 3.63) is 41.9 Å². The Morgan fingerprint density at radius 3 is 2.89 bits per heavy atom. The minimum absolute atomic E-state index is 0.717. The molecule has 94 valence electrons. The van der Waals surface area contributed by atoms with Gasteiger partial charge < -0.3 is 4.98 Å². The number of H-pyrrole nitrogens is 1. The maximum atomic E-state index is 4.51. The maximum Gasteiger partial charge on any atom is 0.181 e. The van der Waals surface area contributed by atoms with Gasteiger partial charge in [0.15, 0.2) is 5.65 Å². The number of hydrogen-bond acceptors (Lipinski definition) is 3. The molecule has 2 aromatic heterocycles. The Bertz CT molecular complexity index is 723. The van der Waals surface area contributed by atoms with Crippen molar-refractivity contribution in [2.24, 2.45) is 0 Å². The van der Waals surface area contributed by atoms with E-state index < -0.39 is 0 Å². The molecule has 0 aliphatic heterocycles. The van der Waals surface area contributed by atoms with E-state index >= 15 is 0 Å². The van der Waals surface area contributed by atoms with Crippen molar-refractivity contribution < 1.29 is 0 Å². The first kappa shape index (κ1) is 10.7. The number of hydrogen-bond donors (Lipinski definition) is 1. The third-order valence-electron chi connectivity index (χ3n) is 3.72. The number of nitrogens with one attached hydrogen (secondary N) is 1. The summed E-state index contributed by atoms with van der Waals surface area (Å²) in [7, 11) is 0. The molecule has 0 spiro atoms. The second-order valence-corrected chi connectivity index (χ2v) is 5.19. The van der Waals surface area contributed by atoms with Gasteiger partial charge in [-0.25, -0.2) is 15.0 Å². The summed E-state index contributed by atoms with van der Waals surface area (Å²) < 4.78 is 0. The lowest BCUT2D eigenvalue weighted by Crippen LogP contribution is -1.88. The highest BCUT2D eigenvalue weighted by Gasteiger charge is 2.25. The Morgan fingerprint density at radius 1 is 1.26 bits per heavy atom. The van der Waals surface area contributed by atoms with Crippen LogP contribution in [0.3, 0.4) is 0 Å². The summed E-state index contributed by atoms with van der Waals surface area (Å²) in [6.45, 7) is 2.18. The van der Waals surface area contributed by atoms with Gasteiger partial charge in [0.25, 0.3) is 0 Å². The Morgan fingerprint density at radius 2 is 2.16 bits per heavy atom. The van der Waals surface area contributed by atoms with Crippen LogP contribution in [-0.4, -0.2) is 19.9 Å². The number of aromatic nitrogens is 4. The molecular weight excluding hydrogens is 236 g/mol. The van der Waals surface area contributed by atoms with Gasteiger partial charge in [0.1, 0.15) is 17.7 Å². The van der Waals surface area contributed by atoms with Gasteiger partial charge in [-0.05, 0) is 42.9 Å². The Balaban J connectivity index is 1.80. The fourth-order valence-electron chi connectivity index (χ4n) is 2.57. The molecule has 0 bridgehead atoms. The monoisotopic (exact) mass is 250 g/mol. The normalized spacial score (nSPS) is 15.0. The van der Waals surface area contributed by atoms with Crippen molar-refractivity contribution in [2.45, 2.75) is 25.7 Å². The number of nitrogens with zero attached hydrogens (tertiary/aromatic N) is 3. The van der Waals surface area contributed by atoms with Crippen molar-refractivity contribution in [1.82, 2.24) is 19.9 Å². The third-order valence-corrected chi connectivity index (χ3v) is 3.72. The van der Waals surface area contributed by atoms with Crippen molar-refractivity contribution in [1.29, 1.82) is 0 Å². The topological polar surface area (TPSA) is 54.5 Å². The van der Waals surface area contributed by atoms with E-state index in [1.807, 2.05) is 0 Å². The van der Waals surface area contributed by atoms with Crippen LogP contribution in [0.5, 0.6) is 0 Å². The number of benzene rings is 1. The van der Waals surface area contributed by atoms with Crippen LogP contribution in [0.4, 0.5) is 0 Å². The standard InChI is InChI=1S/C15H14N4/c1-9-6-11(4-5-12(9)10-2-3-10)14-18-13-7-16-8-17-15(13)19-14/h4-8,10H,2-3H2,1H3,(H,16,17,18,19). The molecule has 1 aliphatic carbocycles. The number of rotatable bonds is 2. The summed E-state index contributed by atoms with van der Waals surface area (Å²) >= 11 is 0. The van der Waals surface area contributed by atoms with Crippen LogP contribution in [-0.2, 0) is 0 Å². The predicted octanol–water partition coefficient (Wildman–Crippen LogP) is 3.21. The predicted molar refractivity (Wildman–Crippen MR) is 73.8 cm³/mol. The van der Waals surface area contributed by atoms with E-state index in [0.29, 0.717) is 5.65 Å². The zero-order valence-electron chi connectivity index (χ0n) is 10.7. The molecule has 0 atom stereocenters. The van der Waals surface area contributed by atoms with Gasteiger partial charge >= 0.3 is 0 Å². The molecule has 0 radical (unpaired) electrons. The van der Waals surface area contributed by atoms with Gasteiger partial charge in [0.2, 0.25) is 0 Å². The number of fused-ring (bicyclic) bond motifs is 1. The quantitative estimate of drug-likeness (QED) is 0.759. The lowest BCUT2D eigenvalue weighted by atomic mass is 10.0. The first-order valence-electron chi connectivity index (χ1n) is 6.58. The number of aromatic amines is 1. The highest BCUT2D eigenvalue weighted by molar-refractivity contribution is 5.75. The zero-order valence-corrected chi connectivity index (χ0v) is 10.7. The van der Waals surface area contributed by atoms with E-state index in [9.17, 15) is 0 Å². The molecule has 0 saturated heterocycles. The Labute approximate surface area is 110 Å². The van der Waals surface area contributed by atoms with E-state index in [2.05, 4.69) is 45.1 Å². The van der Waals surface area contributed by atoms with E-state index in [1.54, 1.807) is 6.20 Å². The molecule has 1 N–H and O–H groups in total. The fraction of sp³-hybridized carbons (Fsp3) is 0.267. The minimum Gasteiger partial charge on any atom is -0.335 e. The highest BCUT2D eigenvalue weighted by atomic mass is 15.0. The second kappa shape index (κ2) is 3.88. The summed E-state index contributed by atoms with van der Waals surface area (Å²) in [5.74, 6) is 1.65. The first-order chi connectivity index (χ1) is 9.31. The van der Waals surface area contributed by atoms with Crippen molar-refractivity contribution in [2.75, 3.05) is 0 Å². The average Bonchev–Trinajstić information content (AvgIpc) is 3.16. The lowest BCUT2D eigenvalue weighted by molar-refractivity contribution is 1.10. The van der Waals surface area contributed by atoms with Crippen LogP contribution in [0.1, 0.15) is 29.9 Å². The summed E-state index contributed by atoms with van der Waals surface area (Å²) in [5.41, 5.74) is 5.54. The van der Waals surface area contributed by atoms with E-state index in [0.717, 1.165) is 22.8 Å². The van der Waals surface area contributed by atoms with E-state index in [1.165, 1.54) is 30.3 Å². The molecule has 4 heteroatoms. The Hall–Kier alpha value is -2.23. The smallest absolute Gasteiger partial charge is 0.181 e. The molecule has 1 aromatic carbocycles. The van der Waals surface area contributed by atoms with Crippen LogP contribution >= 0.6 is 0 Å². The van der Waals surface area contributed by atoms with Gasteiger partial charge in [-0.15, -0.1) is 0 Å².